The van der Waals surface area contributed by atoms with E-state index >= 15 is 0 Å². The molecule has 0 aliphatic heterocycles. The highest BCUT2D eigenvalue weighted by Gasteiger charge is 1.97. The molecule has 0 aromatic heterocycles. The zero-order chi connectivity index (χ0) is 7.98. The number of nitrogens with zero attached hydrogens (tertiary/aromatic N) is 1. The average Bonchev–Trinajstić information content (AvgIpc) is 1.85. The van der Waals surface area contributed by atoms with Crippen LogP contribution in [0.4, 0.5) is 0 Å². The molecule has 2 nitrogen and oxygen atoms in total. The van der Waals surface area contributed by atoms with Crippen LogP contribution in [-0.4, -0.2) is 23.9 Å². The van der Waals surface area contributed by atoms with Gasteiger partial charge in [-0.1, -0.05) is 19.1 Å². The van der Waals surface area contributed by atoms with Crippen LogP contribution in [0.25, 0.3) is 0 Å². The van der Waals surface area contributed by atoms with Crippen molar-refractivity contribution >= 4 is 0 Å². The smallest absolute Gasteiger partial charge is 0.0240 e. The molecule has 0 aliphatic rings. The lowest BCUT2D eigenvalue weighted by Gasteiger charge is -2.09. The van der Waals surface area contributed by atoms with E-state index in [1.165, 1.54) is 5.06 Å². The van der Waals surface area contributed by atoms with E-state index in [1.54, 1.807) is 7.05 Å². The summed E-state index contributed by atoms with van der Waals surface area (Å²) in [5, 5.41) is 10.0. The maximum Gasteiger partial charge on any atom is 0.0240 e. The quantitative estimate of drug-likeness (QED) is 0.480. The first-order valence-corrected chi connectivity index (χ1v) is 3.69. The fraction of sp³-hybridized carbons (Fsp3) is 0.750. The minimum atomic E-state index is 0.569. The zero-order valence-electron chi connectivity index (χ0n) is 7.04. The monoisotopic (exact) mass is 143 g/mol. The van der Waals surface area contributed by atoms with Gasteiger partial charge in [0.15, 0.2) is 0 Å². The van der Waals surface area contributed by atoms with Crippen molar-refractivity contribution in [3.63, 3.8) is 0 Å². The Labute approximate surface area is 63.1 Å². The van der Waals surface area contributed by atoms with Gasteiger partial charge in [-0.3, -0.25) is 0 Å². The summed E-state index contributed by atoms with van der Waals surface area (Å²) in [6.07, 6.45) is 5.20. The molecule has 0 bridgehead atoms. The van der Waals surface area contributed by atoms with E-state index in [9.17, 15) is 0 Å². The number of allylic oxidation sites excluding steroid dienone is 2. The molecule has 2 heteroatoms. The van der Waals surface area contributed by atoms with Gasteiger partial charge in [0.1, 0.15) is 0 Å². The maximum absolute atomic E-state index is 8.78. The fourth-order valence-electron chi connectivity index (χ4n) is 0.815. The van der Waals surface area contributed by atoms with Crippen LogP contribution in [0.1, 0.15) is 20.3 Å². The third kappa shape index (κ3) is 5.79. The first kappa shape index (κ1) is 9.66. The molecule has 0 heterocycles. The van der Waals surface area contributed by atoms with E-state index in [-0.39, 0.29) is 0 Å². The van der Waals surface area contributed by atoms with Crippen molar-refractivity contribution < 1.29 is 5.21 Å². The van der Waals surface area contributed by atoms with E-state index in [2.05, 4.69) is 13.0 Å². The second-order valence-electron chi connectivity index (χ2n) is 2.67. The summed E-state index contributed by atoms with van der Waals surface area (Å²) >= 11 is 0. The lowest BCUT2D eigenvalue weighted by Crippen LogP contribution is -2.15. The van der Waals surface area contributed by atoms with E-state index < -0.39 is 0 Å². The van der Waals surface area contributed by atoms with Crippen LogP contribution in [0.5, 0.6) is 0 Å². The number of hydrogen-bond donors (Lipinski definition) is 1. The van der Waals surface area contributed by atoms with Crippen molar-refractivity contribution in [2.75, 3.05) is 13.6 Å². The van der Waals surface area contributed by atoms with Crippen molar-refractivity contribution in [1.29, 1.82) is 0 Å². The average molecular weight is 143 g/mol. The molecule has 1 atom stereocenters. The first-order chi connectivity index (χ1) is 4.66. The van der Waals surface area contributed by atoms with Gasteiger partial charge in [0.2, 0.25) is 0 Å². The van der Waals surface area contributed by atoms with E-state index in [0.29, 0.717) is 5.92 Å². The maximum atomic E-state index is 8.78. The van der Waals surface area contributed by atoms with Crippen LogP contribution in [0, 0.1) is 5.92 Å². The van der Waals surface area contributed by atoms with Crippen molar-refractivity contribution in [2.24, 2.45) is 5.92 Å². The first-order valence-electron chi connectivity index (χ1n) is 3.69. The molecule has 60 valence electrons. The summed E-state index contributed by atoms with van der Waals surface area (Å²) in [5.41, 5.74) is 0. The molecule has 0 saturated heterocycles. The molecule has 0 spiro atoms. The van der Waals surface area contributed by atoms with Gasteiger partial charge < -0.3 is 5.21 Å². The Morgan fingerprint density at radius 2 is 2.20 bits per heavy atom. The standard InChI is InChI=1S/C8H17NO/c1-4-5-8(2)6-7-9(3)10/h4-5,8,10H,6-7H2,1-3H3/b5-4-. The second kappa shape index (κ2) is 5.45. The highest BCUT2D eigenvalue weighted by molar-refractivity contribution is 4.82. The molecule has 1 N–H and O–H groups in total. The Morgan fingerprint density at radius 1 is 1.60 bits per heavy atom. The fourth-order valence-corrected chi connectivity index (χ4v) is 0.815. The summed E-state index contributed by atoms with van der Waals surface area (Å²) < 4.78 is 0. The van der Waals surface area contributed by atoms with Gasteiger partial charge in [0, 0.05) is 13.6 Å². The van der Waals surface area contributed by atoms with Gasteiger partial charge in [0.25, 0.3) is 0 Å². The van der Waals surface area contributed by atoms with E-state index in [1.807, 2.05) is 13.0 Å². The van der Waals surface area contributed by atoms with Gasteiger partial charge >= 0.3 is 0 Å². The molecule has 1 unspecified atom stereocenters. The molecule has 0 aromatic carbocycles. The minimum Gasteiger partial charge on any atom is -0.314 e. The highest BCUT2D eigenvalue weighted by atomic mass is 16.5. The Morgan fingerprint density at radius 3 is 2.60 bits per heavy atom. The van der Waals surface area contributed by atoms with Crippen molar-refractivity contribution in [3.05, 3.63) is 12.2 Å². The zero-order valence-corrected chi connectivity index (χ0v) is 7.04. The largest absolute Gasteiger partial charge is 0.314 e. The summed E-state index contributed by atoms with van der Waals surface area (Å²) in [6.45, 7) is 4.90. The Bertz CT molecular complexity index is 99.4. The highest BCUT2D eigenvalue weighted by Crippen LogP contribution is 2.02. The van der Waals surface area contributed by atoms with Crippen LogP contribution >= 0.6 is 0 Å². The summed E-state index contributed by atoms with van der Waals surface area (Å²) in [5.74, 6) is 0.569. The number of rotatable bonds is 4. The lowest BCUT2D eigenvalue weighted by molar-refractivity contribution is -0.0667. The predicted molar refractivity (Wildman–Crippen MR) is 43.0 cm³/mol. The molecule has 0 aliphatic carbocycles. The van der Waals surface area contributed by atoms with Gasteiger partial charge in [-0.15, -0.1) is 0 Å². The van der Waals surface area contributed by atoms with Crippen LogP contribution in [0.2, 0.25) is 0 Å². The Balaban J connectivity index is 3.30. The third-order valence-corrected chi connectivity index (χ3v) is 1.43. The molecule has 0 amide bonds. The van der Waals surface area contributed by atoms with Gasteiger partial charge in [0.05, 0.1) is 0 Å². The number of hydroxylamine groups is 2. The third-order valence-electron chi connectivity index (χ3n) is 1.43. The number of hydrogen-bond acceptors (Lipinski definition) is 2. The summed E-state index contributed by atoms with van der Waals surface area (Å²) in [4.78, 5) is 0. The lowest BCUT2D eigenvalue weighted by atomic mass is 10.1. The van der Waals surface area contributed by atoms with Crippen molar-refractivity contribution in [1.82, 2.24) is 5.06 Å². The van der Waals surface area contributed by atoms with Crippen LogP contribution in [-0.2, 0) is 0 Å². The molecular weight excluding hydrogens is 126 g/mol. The molecule has 0 saturated carbocycles. The minimum absolute atomic E-state index is 0.569. The van der Waals surface area contributed by atoms with Crippen LogP contribution < -0.4 is 0 Å². The molecular formula is C8H17NO. The molecule has 0 aromatic rings. The second-order valence-corrected chi connectivity index (χ2v) is 2.67. The molecule has 10 heavy (non-hydrogen) atoms. The van der Waals surface area contributed by atoms with Gasteiger partial charge in [-0.25, -0.2) is 0 Å². The van der Waals surface area contributed by atoms with Gasteiger partial charge in [-0.05, 0) is 19.3 Å². The van der Waals surface area contributed by atoms with Crippen LogP contribution in [0.15, 0.2) is 12.2 Å². The molecule has 0 radical (unpaired) electrons. The van der Waals surface area contributed by atoms with E-state index in [4.69, 9.17) is 5.21 Å². The summed E-state index contributed by atoms with van der Waals surface area (Å²) in [6, 6.07) is 0. The topological polar surface area (TPSA) is 23.5 Å². The summed E-state index contributed by atoms with van der Waals surface area (Å²) in [7, 11) is 1.67. The molecule has 0 rings (SSSR count). The van der Waals surface area contributed by atoms with Crippen LogP contribution in [0.3, 0.4) is 0 Å². The van der Waals surface area contributed by atoms with Gasteiger partial charge in [-0.2, -0.15) is 5.06 Å². The Kier molecular flexibility index (Phi) is 5.26. The van der Waals surface area contributed by atoms with Crippen molar-refractivity contribution in [3.8, 4) is 0 Å². The van der Waals surface area contributed by atoms with Crippen molar-refractivity contribution in [2.45, 2.75) is 20.3 Å². The SMILES string of the molecule is C/C=C\C(C)CCN(C)O. The molecule has 0 fully saturated rings. The van der Waals surface area contributed by atoms with E-state index in [0.717, 1.165) is 13.0 Å². The normalized spacial score (nSPS) is 14.9. The Hall–Kier alpha value is -0.340. The predicted octanol–water partition coefficient (Wildman–Crippen LogP) is 1.91.